The van der Waals surface area contributed by atoms with Gasteiger partial charge in [-0.1, -0.05) is 20.4 Å². The van der Waals surface area contributed by atoms with Crippen LogP contribution >= 0.6 is 0 Å². The highest BCUT2D eigenvalue weighted by Gasteiger charge is 2.54. The fourth-order valence-electron chi connectivity index (χ4n) is 3.55. The number of amides is 1. The standard InChI is InChI=1S/C22H36N4O9/c1-10(2)16(24)21(31)35-22(6-7-22)34-20(30)15-8-13(25-11(3)23)17(26-12(4)28)19(33-15)18(32-5)14(29)9-27/h8,10,13-14,16-19,25,27,29H,3,6-7,9,23-24H2,1-2,4-5H3,(H,26,28)/t13-,14+,16-,17+,18-,19+/m0/s1. The van der Waals surface area contributed by atoms with Crippen molar-refractivity contribution in [2.45, 2.75) is 75.8 Å². The largest absolute Gasteiger partial charge is 0.478 e. The van der Waals surface area contributed by atoms with Crippen LogP contribution in [-0.4, -0.2) is 84.0 Å². The van der Waals surface area contributed by atoms with Crippen LogP contribution in [-0.2, 0) is 33.3 Å². The zero-order valence-electron chi connectivity index (χ0n) is 20.4. The maximum atomic E-state index is 13.0. The molecule has 1 saturated carbocycles. The summed E-state index contributed by atoms with van der Waals surface area (Å²) in [4.78, 5) is 37.2. The molecule has 0 unspecified atom stereocenters. The van der Waals surface area contributed by atoms with Crippen molar-refractivity contribution < 1.29 is 43.5 Å². The van der Waals surface area contributed by atoms with Gasteiger partial charge in [0.2, 0.25) is 11.7 Å². The van der Waals surface area contributed by atoms with Gasteiger partial charge in [-0.15, -0.1) is 0 Å². The van der Waals surface area contributed by atoms with Crippen LogP contribution in [0.3, 0.4) is 0 Å². The molecule has 0 radical (unpaired) electrons. The molecule has 2 aliphatic rings. The third kappa shape index (κ3) is 7.31. The number of nitrogens with two attached hydrogens (primary N) is 2. The van der Waals surface area contributed by atoms with Crippen molar-refractivity contribution in [2.24, 2.45) is 17.4 Å². The van der Waals surface area contributed by atoms with Gasteiger partial charge in [-0.05, 0) is 12.0 Å². The van der Waals surface area contributed by atoms with Crippen LogP contribution in [0.4, 0.5) is 0 Å². The molecule has 0 aromatic heterocycles. The Labute approximate surface area is 203 Å². The van der Waals surface area contributed by atoms with Crippen LogP contribution in [0.25, 0.3) is 0 Å². The minimum atomic E-state index is -1.46. The van der Waals surface area contributed by atoms with E-state index in [2.05, 4.69) is 17.2 Å². The zero-order valence-corrected chi connectivity index (χ0v) is 20.4. The molecule has 0 aromatic carbocycles. The van der Waals surface area contributed by atoms with Crippen LogP contribution in [0.15, 0.2) is 24.2 Å². The molecule has 1 amide bonds. The van der Waals surface area contributed by atoms with Gasteiger partial charge < -0.3 is 51.3 Å². The summed E-state index contributed by atoms with van der Waals surface area (Å²) in [6.45, 7) is 7.70. The summed E-state index contributed by atoms with van der Waals surface area (Å²) in [5, 5.41) is 25.2. The highest BCUT2D eigenvalue weighted by Crippen LogP contribution is 2.42. The molecule has 6 atom stereocenters. The lowest BCUT2D eigenvalue weighted by molar-refractivity contribution is -0.200. The second-order valence-electron chi connectivity index (χ2n) is 8.98. The van der Waals surface area contributed by atoms with Gasteiger partial charge >= 0.3 is 11.9 Å². The van der Waals surface area contributed by atoms with E-state index in [9.17, 15) is 24.6 Å². The summed E-state index contributed by atoms with van der Waals surface area (Å²) >= 11 is 0. The zero-order chi connectivity index (χ0) is 26.5. The van der Waals surface area contributed by atoms with Gasteiger partial charge in [0.1, 0.15) is 18.2 Å². The first kappa shape index (κ1) is 28.4. The number of nitrogens with one attached hydrogen (secondary N) is 2. The highest BCUT2D eigenvalue weighted by atomic mass is 16.7. The van der Waals surface area contributed by atoms with Gasteiger partial charge in [0.05, 0.1) is 24.5 Å². The second-order valence-corrected chi connectivity index (χ2v) is 8.98. The SMILES string of the molecule is C=C(N)N[C@H]1C=C(C(=O)OC2(OC(=O)[C@@H](N)C(C)C)CC2)O[C@@H]([C@@H](OC)[C@H](O)CO)[C@@H]1NC(C)=O. The summed E-state index contributed by atoms with van der Waals surface area (Å²) in [7, 11) is 1.27. The average molecular weight is 501 g/mol. The number of rotatable bonds is 12. The number of hydrogen-bond acceptors (Lipinski definition) is 12. The summed E-state index contributed by atoms with van der Waals surface area (Å²) < 4.78 is 21.9. The normalized spacial score (nSPS) is 25.3. The Bertz CT molecular complexity index is 843. The molecule has 1 aliphatic carbocycles. The molecule has 0 spiro atoms. The van der Waals surface area contributed by atoms with Crippen molar-refractivity contribution >= 4 is 17.8 Å². The number of hydrogen-bond donors (Lipinski definition) is 6. The lowest BCUT2D eigenvalue weighted by Gasteiger charge is -2.41. The van der Waals surface area contributed by atoms with Crippen molar-refractivity contribution in [3.8, 4) is 0 Å². The van der Waals surface area contributed by atoms with Gasteiger partial charge in [0.25, 0.3) is 5.79 Å². The molecule has 1 aliphatic heterocycles. The van der Waals surface area contributed by atoms with Gasteiger partial charge in [-0.25, -0.2) is 4.79 Å². The first-order chi connectivity index (χ1) is 16.3. The Morgan fingerprint density at radius 3 is 2.37 bits per heavy atom. The van der Waals surface area contributed by atoms with E-state index in [1.165, 1.54) is 20.1 Å². The van der Waals surface area contributed by atoms with Crippen molar-refractivity contribution in [3.05, 3.63) is 24.2 Å². The van der Waals surface area contributed by atoms with E-state index in [4.69, 9.17) is 30.4 Å². The third-order valence-electron chi connectivity index (χ3n) is 5.63. The minimum absolute atomic E-state index is 0.0295. The summed E-state index contributed by atoms with van der Waals surface area (Å²) in [5.41, 5.74) is 11.5. The number of ether oxygens (including phenoxy) is 4. The molecule has 198 valence electrons. The minimum Gasteiger partial charge on any atom is -0.478 e. The van der Waals surface area contributed by atoms with E-state index >= 15 is 0 Å². The number of aliphatic hydroxyl groups is 2. The predicted molar refractivity (Wildman–Crippen MR) is 122 cm³/mol. The molecule has 8 N–H and O–H groups in total. The molecular weight excluding hydrogens is 464 g/mol. The molecule has 13 nitrogen and oxygen atoms in total. The van der Waals surface area contributed by atoms with E-state index < -0.39 is 66.7 Å². The Hall–Kier alpha value is -2.87. The van der Waals surface area contributed by atoms with E-state index in [0.717, 1.165) is 0 Å². The molecule has 0 saturated heterocycles. The molecule has 1 heterocycles. The van der Waals surface area contributed by atoms with Crippen LogP contribution in [0.5, 0.6) is 0 Å². The molecule has 1 fully saturated rings. The fourth-order valence-corrected chi connectivity index (χ4v) is 3.55. The molecule has 35 heavy (non-hydrogen) atoms. The highest BCUT2D eigenvalue weighted by molar-refractivity contribution is 5.87. The number of carbonyl (C=O) groups is 3. The summed E-state index contributed by atoms with van der Waals surface area (Å²) in [6, 6.07) is -2.62. The third-order valence-corrected chi connectivity index (χ3v) is 5.63. The first-order valence-electron chi connectivity index (χ1n) is 11.2. The van der Waals surface area contributed by atoms with Crippen molar-refractivity contribution in [1.82, 2.24) is 10.6 Å². The van der Waals surface area contributed by atoms with Crippen molar-refractivity contribution in [3.63, 3.8) is 0 Å². The maximum Gasteiger partial charge on any atom is 0.376 e. The van der Waals surface area contributed by atoms with E-state index in [1.54, 1.807) is 13.8 Å². The predicted octanol–water partition coefficient (Wildman–Crippen LogP) is -1.91. The van der Waals surface area contributed by atoms with E-state index in [1.807, 2.05) is 0 Å². The topological polar surface area (TPSA) is 205 Å². The van der Waals surface area contributed by atoms with Gasteiger partial charge in [0.15, 0.2) is 6.10 Å². The van der Waals surface area contributed by atoms with Crippen LogP contribution in [0, 0.1) is 5.92 Å². The molecule has 2 rings (SSSR count). The van der Waals surface area contributed by atoms with Gasteiger partial charge in [-0.2, -0.15) is 0 Å². The van der Waals surface area contributed by atoms with Crippen molar-refractivity contribution in [1.29, 1.82) is 0 Å². The van der Waals surface area contributed by atoms with Gasteiger partial charge in [-0.3, -0.25) is 9.59 Å². The molecule has 0 aromatic rings. The molecule has 0 bridgehead atoms. The first-order valence-corrected chi connectivity index (χ1v) is 11.2. The molecule has 13 heteroatoms. The Morgan fingerprint density at radius 1 is 1.29 bits per heavy atom. The summed E-state index contributed by atoms with van der Waals surface area (Å²) in [5.74, 6) is -4.00. The quantitative estimate of drug-likeness (QED) is 0.128. The monoisotopic (exact) mass is 500 g/mol. The Kier molecular flexibility index (Phi) is 9.49. The summed E-state index contributed by atoms with van der Waals surface area (Å²) in [6.07, 6.45) is -1.85. The Morgan fingerprint density at radius 2 is 1.91 bits per heavy atom. The second kappa shape index (κ2) is 11.7. The van der Waals surface area contributed by atoms with Gasteiger partial charge in [0, 0.05) is 26.9 Å². The van der Waals surface area contributed by atoms with E-state index in [-0.39, 0.29) is 30.3 Å². The lowest BCUT2D eigenvalue weighted by Crippen LogP contribution is -2.63. The Balaban J connectivity index is 2.32. The van der Waals surface area contributed by atoms with Crippen molar-refractivity contribution in [2.75, 3.05) is 13.7 Å². The average Bonchev–Trinajstić information content (AvgIpc) is 3.52. The number of aliphatic hydroxyl groups excluding tert-OH is 2. The lowest BCUT2D eigenvalue weighted by atomic mass is 9.91. The van der Waals surface area contributed by atoms with Crippen LogP contribution in [0.2, 0.25) is 0 Å². The van der Waals surface area contributed by atoms with Crippen LogP contribution in [0.1, 0.15) is 33.6 Å². The maximum absolute atomic E-state index is 13.0. The van der Waals surface area contributed by atoms with E-state index in [0.29, 0.717) is 0 Å². The number of esters is 2. The smallest absolute Gasteiger partial charge is 0.376 e. The number of carbonyl (C=O) groups excluding carboxylic acids is 3. The fraction of sp³-hybridized carbons (Fsp3) is 0.682. The van der Waals surface area contributed by atoms with Crippen LogP contribution < -0.4 is 22.1 Å². The molecular formula is C22H36N4O9. The number of methoxy groups -OCH3 is 1.